The number of allylic oxidation sites excluding steroid dienone is 3. The molecule has 0 radical (unpaired) electrons. The van der Waals surface area contributed by atoms with E-state index in [4.69, 9.17) is 0 Å². The molecule has 0 aliphatic rings. The van der Waals surface area contributed by atoms with Gasteiger partial charge in [0.1, 0.15) is 0 Å². The third-order valence-electron chi connectivity index (χ3n) is 10.5. The maximum absolute atomic E-state index is 12.4. The topological polar surface area (TPSA) is 89.8 Å². The summed E-state index contributed by atoms with van der Waals surface area (Å²) < 4.78 is 0. The predicted molar refractivity (Wildman–Crippen MR) is 222 cm³/mol. The van der Waals surface area contributed by atoms with Gasteiger partial charge in [0, 0.05) is 0 Å². The van der Waals surface area contributed by atoms with Gasteiger partial charge in [0.25, 0.3) is 0 Å². The summed E-state index contributed by atoms with van der Waals surface area (Å²) in [4.78, 5) is 12.4. The summed E-state index contributed by atoms with van der Waals surface area (Å²) in [7, 11) is 0. The van der Waals surface area contributed by atoms with E-state index in [0.717, 1.165) is 32.1 Å². The predicted octanol–water partition coefficient (Wildman–Crippen LogP) is 13.0. The van der Waals surface area contributed by atoms with Crippen molar-refractivity contribution in [3.05, 3.63) is 24.3 Å². The highest BCUT2D eigenvalue weighted by atomic mass is 16.3. The van der Waals surface area contributed by atoms with E-state index in [1.54, 1.807) is 6.08 Å². The molecular formula is C46H89NO4. The Labute approximate surface area is 318 Å². The number of aliphatic hydroxyl groups is 3. The quantitative estimate of drug-likeness (QED) is 0.0374. The molecule has 0 saturated heterocycles. The standard InChI is InChI=1S/C46H89NO4/c1-3-5-7-9-11-13-15-17-19-21-23-25-27-29-31-33-35-37-39-43(49)41-46(51)47-44(42-48)45(50)40-38-36-34-32-30-28-26-24-22-20-18-16-14-12-10-8-6-4-2/h30,32,38,40,43-45,48-50H,3-29,31,33-37,39,41-42H2,1-2H3,(H,47,51)/b32-30+,40-38+. The van der Waals surface area contributed by atoms with Gasteiger partial charge < -0.3 is 20.6 Å². The second-order valence-corrected chi connectivity index (χ2v) is 15.7. The number of amides is 1. The maximum atomic E-state index is 12.4. The van der Waals surface area contributed by atoms with Gasteiger partial charge in [0.2, 0.25) is 5.91 Å². The molecule has 0 aliphatic heterocycles. The second kappa shape index (κ2) is 41.6. The smallest absolute Gasteiger partial charge is 0.222 e. The van der Waals surface area contributed by atoms with Crippen LogP contribution in [-0.4, -0.2) is 46.1 Å². The van der Waals surface area contributed by atoms with Crippen molar-refractivity contribution in [2.45, 2.75) is 257 Å². The number of hydrogen-bond acceptors (Lipinski definition) is 4. The first-order valence-electron chi connectivity index (χ1n) is 22.6. The van der Waals surface area contributed by atoms with E-state index < -0.39 is 18.2 Å². The number of carbonyl (C=O) groups excluding carboxylic acids is 1. The van der Waals surface area contributed by atoms with E-state index in [2.05, 4.69) is 31.3 Å². The van der Waals surface area contributed by atoms with Gasteiger partial charge >= 0.3 is 0 Å². The average molecular weight is 720 g/mol. The van der Waals surface area contributed by atoms with E-state index in [1.165, 1.54) is 180 Å². The van der Waals surface area contributed by atoms with Crippen LogP contribution in [0.2, 0.25) is 0 Å². The molecule has 3 atom stereocenters. The number of hydrogen-bond donors (Lipinski definition) is 4. The lowest BCUT2D eigenvalue weighted by molar-refractivity contribution is -0.124. The zero-order valence-corrected chi connectivity index (χ0v) is 34.2. The van der Waals surface area contributed by atoms with E-state index in [9.17, 15) is 20.1 Å². The molecule has 0 spiro atoms. The Bertz CT molecular complexity index is 754. The van der Waals surface area contributed by atoms with Crippen LogP contribution in [-0.2, 0) is 4.79 Å². The van der Waals surface area contributed by atoms with Gasteiger partial charge in [-0.15, -0.1) is 0 Å². The maximum Gasteiger partial charge on any atom is 0.222 e. The molecule has 51 heavy (non-hydrogen) atoms. The first-order chi connectivity index (χ1) is 25.0. The molecule has 302 valence electrons. The molecule has 5 nitrogen and oxygen atoms in total. The molecule has 5 heteroatoms. The van der Waals surface area contributed by atoms with Crippen molar-refractivity contribution < 1.29 is 20.1 Å². The normalized spacial score (nSPS) is 13.7. The average Bonchev–Trinajstić information content (AvgIpc) is 3.12. The molecule has 4 N–H and O–H groups in total. The molecular weight excluding hydrogens is 631 g/mol. The van der Waals surface area contributed by atoms with Crippen molar-refractivity contribution >= 4 is 5.91 Å². The minimum absolute atomic E-state index is 0.00980. The van der Waals surface area contributed by atoms with Crippen LogP contribution in [0.25, 0.3) is 0 Å². The lowest BCUT2D eigenvalue weighted by atomic mass is 10.0. The van der Waals surface area contributed by atoms with Crippen LogP contribution in [0.15, 0.2) is 24.3 Å². The minimum Gasteiger partial charge on any atom is -0.394 e. The first-order valence-corrected chi connectivity index (χ1v) is 22.6. The third kappa shape index (κ3) is 38.4. The van der Waals surface area contributed by atoms with Crippen molar-refractivity contribution in [1.82, 2.24) is 5.32 Å². The second-order valence-electron chi connectivity index (χ2n) is 15.7. The van der Waals surface area contributed by atoms with Gasteiger partial charge in [-0.2, -0.15) is 0 Å². The highest BCUT2D eigenvalue weighted by Crippen LogP contribution is 2.16. The fourth-order valence-corrected chi connectivity index (χ4v) is 7.00. The van der Waals surface area contributed by atoms with Crippen LogP contribution in [0, 0.1) is 0 Å². The van der Waals surface area contributed by atoms with Crippen LogP contribution in [0.5, 0.6) is 0 Å². The number of rotatable bonds is 41. The molecule has 0 rings (SSSR count). The Morgan fingerprint density at radius 3 is 1.25 bits per heavy atom. The summed E-state index contributed by atoms with van der Waals surface area (Å²) in [6.07, 6.45) is 50.4. The highest BCUT2D eigenvalue weighted by molar-refractivity contribution is 5.76. The van der Waals surface area contributed by atoms with Gasteiger partial charge in [-0.25, -0.2) is 0 Å². The van der Waals surface area contributed by atoms with Crippen molar-refractivity contribution in [2.24, 2.45) is 0 Å². The lowest BCUT2D eigenvalue weighted by Gasteiger charge is -2.21. The van der Waals surface area contributed by atoms with Gasteiger partial charge in [-0.3, -0.25) is 4.79 Å². The molecule has 0 aromatic heterocycles. The fraction of sp³-hybridized carbons (Fsp3) is 0.891. The Balaban J connectivity index is 3.68. The highest BCUT2D eigenvalue weighted by Gasteiger charge is 2.20. The number of unbranched alkanes of at least 4 members (excludes halogenated alkanes) is 30. The fourth-order valence-electron chi connectivity index (χ4n) is 7.00. The van der Waals surface area contributed by atoms with Crippen LogP contribution < -0.4 is 5.32 Å². The third-order valence-corrected chi connectivity index (χ3v) is 10.5. The molecule has 0 aromatic rings. The van der Waals surface area contributed by atoms with Crippen LogP contribution >= 0.6 is 0 Å². The van der Waals surface area contributed by atoms with Gasteiger partial charge in [-0.05, 0) is 32.1 Å². The molecule has 0 aliphatic carbocycles. The summed E-state index contributed by atoms with van der Waals surface area (Å²) in [6.45, 7) is 4.21. The number of nitrogens with one attached hydrogen (secondary N) is 1. The van der Waals surface area contributed by atoms with Crippen LogP contribution in [0.1, 0.15) is 239 Å². The van der Waals surface area contributed by atoms with Crippen molar-refractivity contribution in [3.63, 3.8) is 0 Å². The van der Waals surface area contributed by atoms with Crippen molar-refractivity contribution in [1.29, 1.82) is 0 Å². The monoisotopic (exact) mass is 720 g/mol. The zero-order chi connectivity index (χ0) is 37.3. The van der Waals surface area contributed by atoms with Gasteiger partial charge in [0.05, 0.1) is 31.3 Å². The Kier molecular flexibility index (Phi) is 40.6. The number of aliphatic hydroxyl groups excluding tert-OH is 3. The summed E-state index contributed by atoms with van der Waals surface area (Å²) in [5.41, 5.74) is 0. The van der Waals surface area contributed by atoms with Gasteiger partial charge in [-0.1, -0.05) is 224 Å². The Morgan fingerprint density at radius 1 is 0.490 bits per heavy atom. The molecule has 1 amide bonds. The molecule has 0 saturated carbocycles. The van der Waals surface area contributed by atoms with E-state index in [0.29, 0.717) is 6.42 Å². The van der Waals surface area contributed by atoms with Crippen molar-refractivity contribution in [2.75, 3.05) is 6.61 Å². The summed E-state index contributed by atoms with van der Waals surface area (Å²) in [5.74, 6) is -0.322. The Hall–Kier alpha value is -1.17. The Morgan fingerprint density at radius 2 is 0.843 bits per heavy atom. The molecule has 3 unspecified atom stereocenters. The minimum atomic E-state index is -0.948. The molecule has 0 aromatic carbocycles. The van der Waals surface area contributed by atoms with E-state index in [-0.39, 0.29) is 18.9 Å². The first kappa shape index (κ1) is 49.8. The van der Waals surface area contributed by atoms with Crippen molar-refractivity contribution in [3.8, 4) is 0 Å². The zero-order valence-electron chi connectivity index (χ0n) is 34.2. The van der Waals surface area contributed by atoms with E-state index >= 15 is 0 Å². The summed E-state index contributed by atoms with van der Waals surface area (Å²) in [6, 6.07) is -0.757. The summed E-state index contributed by atoms with van der Waals surface area (Å²) >= 11 is 0. The van der Waals surface area contributed by atoms with Gasteiger partial charge in [0.15, 0.2) is 0 Å². The van der Waals surface area contributed by atoms with Crippen LogP contribution in [0.4, 0.5) is 0 Å². The molecule has 0 heterocycles. The molecule has 0 fully saturated rings. The largest absolute Gasteiger partial charge is 0.394 e. The van der Waals surface area contributed by atoms with E-state index in [1.807, 2.05) is 6.08 Å². The SMILES string of the molecule is CCCCCCCCCCCCCC/C=C/CC/C=C/C(O)C(CO)NC(=O)CC(O)CCCCCCCCCCCCCCCCCCCC. The lowest BCUT2D eigenvalue weighted by Crippen LogP contribution is -2.45. The summed E-state index contributed by atoms with van der Waals surface area (Å²) in [5, 5.41) is 33.2. The number of carbonyl (C=O) groups is 1. The molecule has 0 bridgehead atoms. The van der Waals surface area contributed by atoms with Crippen LogP contribution in [0.3, 0.4) is 0 Å².